The second kappa shape index (κ2) is 13.8. The van der Waals surface area contributed by atoms with E-state index in [0.717, 1.165) is 20.5 Å². The van der Waals surface area contributed by atoms with Crippen molar-refractivity contribution in [2.24, 2.45) is 5.11 Å². The Morgan fingerprint density at radius 1 is 0.957 bits per heavy atom. The second-order valence-electron chi connectivity index (χ2n) is 12.3. The summed E-state index contributed by atoms with van der Waals surface area (Å²) in [4.78, 5) is 44.2. The number of aromatic nitrogens is 2. The molecule has 12 heteroatoms. The Morgan fingerprint density at radius 2 is 1.52 bits per heavy atom. The van der Waals surface area contributed by atoms with E-state index in [1.54, 1.807) is 0 Å². The minimum absolute atomic E-state index is 0.0714. The van der Waals surface area contributed by atoms with E-state index in [1.807, 2.05) is 66.7 Å². The first kappa shape index (κ1) is 32.8. The van der Waals surface area contributed by atoms with Crippen LogP contribution in [0.1, 0.15) is 38.1 Å². The molecule has 3 aromatic carbocycles. The van der Waals surface area contributed by atoms with Crippen molar-refractivity contribution in [1.29, 1.82) is 0 Å². The van der Waals surface area contributed by atoms with E-state index in [2.05, 4.69) is 60.0 Å². The Balaban J connectivity index is 1.55. The standard InChI is InChI=1S/C34H37N5O6Si/c1-23-20-39(33(42)36-31(23)41)32-28(40)30(43-21-24-14-8-5-9-15-24)29(45-32)27(37-38-35)22-44-46(34(2,3)4,25-16-10-6-11-17-25)26-18-12-7-13-19-26/h5-20,27,29-30,32H,21-22H2,1-4H3,(H,36,41,42)/t27-,29-,30-,32-/m1/s1. The van der Waals surface area contributed by atoms with Gasteiger partial charge in [0.25, 0.3) is 13.9 Å². The number of azide groups is 1. The van der Waals surface area contributed by atoms with Gasteiger partial charge in [-0.2, -0.15) is 0 Å². The lowest BCUT2D eigenvalue weighted by Crippen LogP contribution is -2.67. The molecule has 4 atom stereocenters. The van der Waals surface area contributed by atoms with Crippen LogP contribution in [0.3, 0.4) is 0 Å². The molecule has 1 N–H and O–H groups in total. The van der Waals surface area contributed by atoms with Gasteiger partial charge in [0.2, 0.25) is 5.78 Å². The summed E-state index contributed by atoms with van der Waals surface area (Å²) >= 11 is 0. The minimum Gasteiger partial charge on any atom is -0.407 e. The number of Topliss-reactive ketones (excluding diaryl/α,β-unsaturated/α-hetero) is 1. The molecule has 238 valence electrons. The van der Waals surface area contributed by atoms with Gasteiger partial charge in [0.05, 0.1) is 12.6 Å². The van der Waals surface area contributed by atoms with Gasteiger partial charge in [0, 0.05) is 23.3 Å². The number of hydrogen-bond acceptors (Lipinski definition) is 7. The zero-order valence-electron chi connectivity index (χ0n) is 26.2. The fourth-order valence-corrected chi connectivity index (χ4v) is 10.6. The summed E-state index contributed by atoms with van der Waals surface area (Å²) in [5, 5.41) is 5.77. The maximum atomic E-state index is 13.9. The molecule has 1 fully saturated rings. The van der Waals surface area contributed by atoms with Crippen LogP contribution in [0.25, 0.3) is 10.4 Å². The van der Waals surface area contributed by atoms with Gasteiger partial charge in [-0.1, -0.05) is 117 Å². The Labute approximate surface area is 267 Å². The predicted molar refractivity (Wildman–Crippen MR) is 177 cm³/mol. The van der Waals surface area contributed by atoms with Crippen LogP contribution in [-0.2, 0) is 25.3 Å². The first-order valence-corrected chi connectivity index (χ1v) is 16.9. The molecule has 0 saturated carbocycles. The van der Waals surface area contributed by atoms with Crippen LogP contribution in [-0.4, -0.2) is 48.5 Å². The van der Waals surface area contributed by atoms with E-state index in [4.69, 9.17) is 13.9 Å². The van der Waals surface area contributed by atoms with Crippen molar-refractivity contribution >= 4 is 24.5 Å². The largest absolute Gasteiger partial charge is 0.407 e. The van der Waals surface area contributed by atoms with Crippen molar-refractivity contribution in [3.8, 4) is 0 Å². The highest BCUT2D eigenvalue weighted by Crippen LogP contribution is 2.38. The number of benzene rings is 3. The lowest BCUT2D eigenvalue weighted by atomic mass is 10.1. The highest BCUT2D eigenvalue weighted by molar-refractivity contribution is 6.99. The summed E-state index contributed by atoms with van der Waals surface area (Å²) in [6.07, 6.45) is -2.45. The lowest BCUT2D eigenvalue weighted by Gasteiger charge is -2.43. The summed E-state index contributed by atoms with van der Waals surface area (Å²) in [5.41, 5.74) is 9.39. The molecule has 1 saturated heterocycles. The molecule has 0 aliphatic carbocycles. The fraction of sp³-hybridized carbons (Fsp3) is 0.324. The molecule has 11 nitrogen and oxygen atoms in total. The van der Waals surface area contributed by atoms with E-state index in [-0.39, 0.29) is 23.8 Å². The van der Waals surface area contributed by atoms with Crippen LogP contribution in [0.2, 0.25) is 5.04 Å². The number of ether oxygens (including phenoxy) is 2. The molecule has 1 aromatic heterocycles. The number of carbonyl (C=O) groups excluding carboxylic acids is 1. The van der Waals surface area contributed by atoms with Gasteiger partial charge in [0.1, 0.15) is 12.2 Å². The van der Waals surface area contributed by atoms with Crippen LogP contribution in [0.15, 0.2) is 112 Å². The van der Waals surface area contributed by atoms with Gasteiger partial charge in [-0.05, 0) is 33.4 Å². The van der Waals surface area contributed by atoms with Gasteiger partial charge in [-0.25, -0.2) is 4.79 Å². The highest BCUT2D eigenvalue weighted by atomic mass is 28.4. The van der Waals surface area contributed by atoms with Gasteiger partial charge < -0.3 is 13.9 Å². The van der Waals surface area contributed by atoms with Gasteiger partial charge >= 0.3 is 5.69 Å². The Kier molecular flexibility index (Phi) is 9.85. The number of carbonyl (C=O) groups is 1. The van der Waals surface area contributed by atoms with Crippen molar-refractivity contribution in [2.45, 2.75) is 63.8 Å². The Morgan fingerprint density at radius 3 is 2.07 bits per heavy atom. The van der Waals surface area contributed by atoms with Crippen molar-refractivity contribution in [3.63, 3.8) is 0 Å². The SMILES string of the molecule is Cc1cn([C@@H]2O[C@H]([C@@H](CO[Si](c3ccccc3)(c3ccccc3)C(C)(C)C)N=[N+]=[N-])[C@H](OCc3ccccc3)C2=O)c(=O)[nH]c1=O. The van der Waals surface area contributed by atoms with E-state index in [0.29, 0.717) is 0 Å². The number of aryl methyl sites for hydroxylation is 1. The molecule has 0 bridgehead atoms. The third-order valence-corrected chi connectivity index (χ3v) is 13.3. The lowest BCUT2D eigenvalue weighted by molar-refractivity contribution is -0.132. The zero-order valence-corrected chi connectivity index (χ0v) is 27.2. The number of ketones is 1. The molecule has 5 rings (SSSR count). The molecule has 1 aliphatic heterocycles. The smallest absolute Gasteiger partial charge is 0.330 e. The molecular weight excluding hydrogens is 602 g/mol. The molecule has 0 amide bonds. The highest BCUT2D eigenvalue weighted by Gasteiger charge is 2.53. The van der Waals surface area contributed by atoms with Crippen molar-refractivity contribution in [3.05, 3.63) is 140 Å². The van der Waals surface area contributed by atoms with Gasteiger partial charge in [-0.15, -0.1) is 0 Å². The second-order valence-corrected chi connectivity index (χ2v) is 16.6. The summed E-state index contributed by atoms with van der Waals surface area (Å²) in [7, 11) is -3.07. The third-order valence-electron chi connectivity index (χ3n) is 8.25. The number of nitrogens with zero attached hydrogens (tertiary/aromatic N) is 4. The molecular formula is C34H37N5O6Si. The maximum absolute atomic E-state index is 13.9. The summed E-state index contributed by atoms with van der Waals surface area (Å²) < 4.78 is 20.5. The summed E-state index contributed by atoms with van der Waals surface area (Å²) in [6, 6.07) is 28.3. The van der Waals surface area contributed by atoms with E-state index >= 15 is 0 Å². The number of rotatable bonds is 11. The third kappa shape index (κ3) is 6.53. The molecule has 0 unspecified atom stereocenters. The Hall–Kier alpha value is -4.58. The quantitative estimate of drug-likeness (QED) is 0.113. The van der Waals surface area contributed by atoms with Crippen LogP contribution < -0.4 is 21.6 Å². The summed E-state index contributed by atoms with van der Waals surface area (Å²) in [5.74, 6) is -0.543. The zero-order chi connectivity index (χ0) is 32.9. The maximum Gasteiger partial charge on any atom is 0.330 e. The Bertz CT molecular complexity index is 1780. The average Bonchev–Trinajstić information content (AvgIpc) is 3.37. The molecule has 1 aliphatic rings. The van der Waals surface area contributed by atoms with Gasteiger partial charge in [0.15, 0.2) is 6.23 Å². The fourth-order valence-electron chi connectivity index (χ4n) is 6.01. The summed E-state index contributed by atoms with van der Waals surface area (Å²) in [6.45, 7) is 7.89. The van der Waals surface area contributed by atoms with Crippen LogP contribution in [0.5, 0.6) is 0 Å². The number of nitrogens with one attached hydrogen (secondary N) is 1. The van der Waals surface area contributed by atoms with E-state index in [1.165, 1.54) is 13.1 Å². The number of aromatic amines is 1. The van der Waals surface area contributed by atoms with Crippen LogP contribution >= 0.6 is 0 Å². The molecule has 4 aromatic rings. The van der Waals surface area contributed by atoms with Crippen LogP contribution in [0.4, 0.5) is 0 Å². The predicted octanol–water partition coefficient (Wildman–Crippen LogP) is 4.15. The molecule has 2 heterocycles. The topological polar surface area (TPSA) is 148 Å². The van der Waals surface area contributed by atoms with E-state index in [9.17, 15) is 19.9 Å². The normalized spacial score (nSPS) is 19.0. The first-order chi connectivity index (χ1) is 22.1. The van der Waals surface area contributed by atoms with Crippen molar-refractivity contribution in [2.75, 3.05) is 6.61 Å². The van der Waals surface area contributed by atoms with Crippen molar-refractivity contribution < 1.29 is 18.7 Å². The molecule has 0 spiro atoms. The minimum atomic E-state index is -3.07. The monoisotopic (exact) mass is 639 g/mol. The average molecular weight is 640 g/mol. The molecule has 46 heavy (non-hydrogen) atoms. The molecule has 0 radical (unpaired) electrons. The van der Waals surface area contributed by atoms with E-state index < -0.39 is 49.8 Å². The number of H-pyrrole nitrogens is 1. The first-order valence-electron chi connectivity index (χ1n) is 15.0. The van der Waals surface area contributed by atoms with Crippen molar-refractivity contribution in [1.82, 2.24) is 9.55 Å². The van der Waals surface area contributed by atoms with Gasteiger partial charge in [-0.3, -0.25) is 19.1 Å². The number of hydrogen-bond donors (Lipinski definition) is 1. The van der Waals surface area contributed by atoms with Crippen LogP contribution in [0, 0.1) is 6.92 Å².